The highest BCUT2D eigenvalue weighted by atomic mass is 35.5. The number of ether oxygens (including phenoxy) is 1. The number of carboxylic acid groups (broad SMARTS) is 1. The second-order valence-electron chi connectivity index (χ2n) is 3.76. The number of nitrogens with zero attached hydrogens (tertiary/aromatic N) is 1. The molecule has 0 heterocycles. The van der Waals surface area contributed by atoms with E-state index < -0.39 is 11.3 Å². The Labute approximate surface area is 103 Å². The average Bonchev–Trinajstić information content (AvgIpc) is 2.26. The summed E-state index contributed by atoms with van der Waals surface area (Å²) in [5.74, 6) is -0.963. The van der Waals surface area contributed by atoms with Crippen molar-refractivity contribution in [1.82, 2.24) is 4.90 Å². The van der Waals surface area contributed by atoms with Crippen molar-refractivity contribution in [2.45, 2.75) is 38.1 Å². The zero-order valence-electron chi connectivity index (χ0n) is 10.3. The summed E-state index contributed by atoms with van der Waals surface area (Å²) in [5.41, 5.74) is 0. The number of carboxylic acids is 1. The van der Waals surface area contributed by atoms with Crippen molar-refractivity contribution < 1.29 is 14.6 Å². The molecule has 0 saturated carbocycles. The first kappa shape index (κ1) is 15.7. The maximum Gasteiger partial charge on any atom is 0.322 e. The molecule has 0 amide bonds. The second kappa shape index (κ2) is 8.79. The molecule has 0 rings (SSSR count). The van der Waals surface area contributed by atoms with E-state index in [9.17, 15) is 4.79 Å². The Bertz CT molecular complexity index is 198. The predicted molar refractivity (Wildman–Crippen MR) is 65.1 cm³/mol. The first-order valence-corrected chi connectivity index (χ1v) is 6.10. The van der Waals surface area contributed by atoms with Crippen LogP contribution in [0.1, 0.15) is 26.7 Å². The molecule has 0 saturated heterocycles. The second-order valence-corrected chi connectivity index (χ2v) is 4.29. The maximum atomic E-state index is 10.7. The fourth-order valence-corrected chi connectivity index (χ4v) is 1.90. The maximum absolute atomic E-state index is 10.7. The number of alkyl halides is 1. The number of methoxy groups -OCH3 is 1. The van der Waals surface area contributed by atoms with Gasteiger partial charge in [-0.05, 0) is 12.8 Å². The van der Waals surface area contributed by atoms with Crippen LogP contribution in [0.3, 0.4) is 0 Å². The molecule has 0 bridgehead atoms. The van der Waals surface area contributed by atoms with Crippen LogP contribution in [0.25, 0.3) is 0 Å². The third-order valence-electron chi connectivity index (χ3n) is 2.70. The Hall–Kier alpha value is -0.320. The molecular weight excluding hydrogens is 230 g/mol. The van der Waals surface area contributed by atoms with Gasteiger partial charge in [0.05, 0.1) is 6.61 Å². The minimum atomic E-state index is -0.963. The molecule has 1 atom stereocenters. The van der Waals surface area contributed by atoms with Crippen LogP contribution >= 0.6 is 11.6 Å². The van der Waals surface area contributed by atoms with Crippen molar-refractivity contribution >= 4 is 17.6 Å². The van der Waals surface area contributed by atoms with Crippen molar-refractivity contribution in [1.29, 1.82) is 0 Å². The average molecular weight is 252 g/mol. The van der Waals surface area contributed by atoms with Crippen LogP contribution in [0.5, 0.6) is 0 Å². The van der Waals surface area contributed by atoms with Gasteiger partial charge in [0.1, 0.15) is 5.38 Å². The largest absolute Gasteiger partial charge is 0.480 e. The van der Waals surface area contributed by atoms with E-state index in [1.807, 2.05) is 0 Å². The summed E-state index contributed by atoms with van der Waals surface area (Å²) in [6.07, 6.45) is 1.98. The number of hydrogen-bond acceptors (Lipinski definition) is 3. The van der Waals surface area contributed by atoms with E-state index in [1.54, 1.807) is 7.11 Å². The van der Waals surface area contributed by atoms with E-state index in [1.165, 1.54) is 0 Å². The Morgan fingerprint density at radius 2 is 2.00 bits per heavy atom. The zero-order chi connectivity index (χ0) is 12.6. The number of halogens is 1. The van der Waals surface area contributed by atoms with Crippen LogP contribution in [0, 0.1) is 0 Å². The minimum Gasteiger partial charge on any atom is -0.480 e. The highest BCUT2D eigenvalue weighted by molar-refractivity contribution is 6.29. The molecular formula is C11H22ClNO3. The van der Waals surface area contributed by atoms with Crippen molar-refractivity contribution in [2.24, 2.45) is 0 Å². The van der Waals surface area contributed by atoms with E-state index in [0.717, 1.165) is 19.4 Å². The normalized spacial score (nSPS) is 13.4. The third kappa shape index (κ3) is 5.68. The molecule has 4 nitrogen and oxygen atoms in total. The SMILES string of the molecule is CCC(CC)N(CCOC)CC(Cl)C(=O)O. The molecule has 0 radical (unpaired) electrons. The van der Waals surface area contributed by atoms with Gasteiger partial charge in [0.25, 0.3) is 0 Å². The van der Waals surface area contributed by atoms with Crippen LogP contribution < -0.4 is 0 Å². The molecule has 0 aromatic rings. The molecule has 16 heavy (non-hydrogen) atoms. The Morgan fingerprint density at radius 1 is 1.44 bits per heavy atom. The molecule has 0 aliphatic carbocycles. The topological polar surface area (TPSA) is 49.8 Å². The van der Waals surface area contributed by atoms with E-state index in [4.69, 9.17) is 21.4 Å². The van der Waals surface area contributed by atoms with E-state index >= 15 is 0 Å². The number of carbonyl (C=O) groups is 1. The summed E-state index contributed by atoms with van der Waals surface area (Å²) in [4.78, 5) is 12.8. The van der Waals surface area contributed by atoms with Crippen LogP contribution in [-0.4, -0.2) is 54.2 Å². The van der Waals surface area contributed by atoms with Crippen molar-refractivity contribution in [3.8, 4) is 0 Å². The molecule has 0 aromatic carbocycles. The fraction of sp³-hybridized carbons (Fsp3) is 0.909. The molecule has 1 N–H and O–H groups in total. The quantitative estimate of drug-likeness (QED) is 0.635. The Balaban J connectivity index is 4.34. The van der Waals surface area contributed by atoms with Gasteiger partial charge in [-0.2, -0.15) is 0 Å². The predicted octanol–water partition coefficient (Wildman–Crippen LogP) is 1.82. The molecule has 0 aliphatic rings. The first-order valence-electron chi connectivity index (χ1n) is 5.66. The van der Waals surface area contributed by atoms with Crippen LogP contribution in [0.15, 0.2) is 0 Å². The summed E-state index contributed by atoms with van der Waals surface area (Å²) < 4.78 is 5.02. The molecule has 1 unspecified atom stereocenters. The van der Waals surface area contributed by atoms with Crippen LogP contribution in [-0.2, 0) is 9.53 Å². The summed E-state index contributed by atoms with van der Waals surface area (Å²) in [5, 5.41) is 7.94. The van der Waals surface area contributed by atoms with Gasteiger partial charge >= 0.3 is 5.97 Å². The lowest BCUT2D eigenvalue weighted by atomic mass is 10.1. The molecule has 0 fully saturated rings. The monoisotopic (exact) mass is 251 g/mol. The lowest BCUT2D eigenvalue weighted by Crippen LogP contribution is -2.42. The lowest BCUT2D eigenvalue weighted by Gasteiger charge is -2.30. The highest BCUT2D eigenvalue weighted by Crippen LogP contribution is 2.11. The summed E-state index contributed by atoms with van der Waals surface area (Å²) in [7, 11) is 1.64. The van der Waals surface area contributed by atoms with Gasteiger partial charge in [-0.15, -0.1) is 11.6 Å². The molecule has 0 spiro atoms. The first-order chi connectivity index (χ1) is 7.56. The van der Waals surface area contributed by atoms with Crippen molar-refractivity contribution in [2.75, 3.05) is 26.8 Å². The van der Waals surface area contributed by atoms with Crippen LogP contribution in [0.2, 0.25) is 0 Å². The van der Waals surface area contributed by atoms with Crippen molar-refractivity contribution in [3.63, 3.8) is 0 Å². The fourth-order valence-electron chi connectivity index (χ4n) is 1.72. The van der Waals surface area contributed by atoms with E-state index in [-0.39, 0.29) is 0 Å². The smallest absolute Gasteiger partial charge is 0.322 e. The highest BCUT2D eigenvalue weighted by Gasteiger charge is 2.22. The number of hydrogen-bond donors (Lipinski definition) is 1. The minimum absolute atomic E-state index is 0.368. The lowest BCUT2D eigenvalue weighted by molar-refractivity contribution is -0.137. The van der Waals surface area contributed by atoms with Gasteiger partial charge in [0, 0.05) is 26.2 Å². The zero-order valence-corrected chi connectivity index (χ0v) is 11.0. The van der Waals surface area contributed by atoms with E-state index in [2.05, 4.69) is 18.7 Å². The van der Waals surface area contributed by atoms with Crippen LogP contribution in [0.4, 0.5) is 0 Å². The van der Waals surface area contributed by atoms with Gasteiger partial charge < -0.3 is 9.84 Å². The Morgan fingerprint density at radius 3 is 2.38 bits per heavy atom. The summed E-state index contributed by atoms with van der Waals surface area (Å²) in [6, 6.07) is 0.371. The van der Waals surface area contributed by atoms with Gasteiger partial charge in [0.2, 0.25) is 0 Å². The molecule has 0 aliphatic heterocycles. The van der Waals surface area contributed by atoms with E-state index in [0.29, 0.717) is 19.2 Å². The molecule has 0 aromatic heterocycles. The van der Waals surface area contributed by atoms with Gasteiger partial charge in [-0.25, -0.2) is 0 Å². The van der Waals surface area contributed by atoms with Gasteiger partial charge in [0.15, 0.2) is 0 Å². The number of rotatable bonds is 9. The number of aliphatic carboxylic acids is 1. The standard InChI is InChI=1S/C11H22ClNO3/c1-4-9(5-2)13(6-7-16-3)8-10(12)11(14)15/h9-10H,4-8H2,1-3H3,(H,14,15). The van der Waals surface area contributed by atoms with Gasteiger partial charge in [-0.1, -0.05) is 13.8 Å². The summed E-state index contributed by atoms with van der Waals surface area (Å²) in [6.45, 7) is 5.88. The molecule has 5 heteroatoms. The van der Waals surface area contributed by atoms with Crippen molar-refractivity contribution in [3.05, 3.63) is 0 Å². The molecule has 96 valence electrons. The van der Waals surface area contributed by atoms with Gasteiger partial charge in [-0.3, -0.25) is 9.69 Å². The Kier molecular flexibility index (Phi) is 8.61. The third-order valence-corrected chi connectivity index (χ3v) is 3.03. The summed E-state index contributed by atoms with van der Waals surface area (Å²) >= 11 is 5.77.